The highest BCUT2D eigenvalue weighted by Gasteiger charge is 2.61. The van der Waals surface area contributed by atoms with E-state index in [4.69, 9.17) is 9.47 Å². The van der Waals surface area contributed by atoms with Gasteiger partial charge in [-0.15, -0.1) is 0 Å². The van der Waals surface area contributed by atoms with Crippen molar-refractivity contribution in [3.8, 4) is 0 Å². The van der Waals surface area contributed by atoms with E-state index >= 15 is 0 Å². The van der Waals surface area contributed by atoms with Gasteiger partial charge in [0.1, 0.15) is 11.9 Å². The Morgan fingerprint density at radius 3 is 2.65 bits per heavy atom. The Balaban J connectivity index is 1.22. The van der Waals surface area contributed by atoms with Crippen LogP contribution in [-0.4, -0.2) is 55.6 Å². The summed E-state index contributed by atoms with van der Waals surface area (Å²) in [6.07, 6.45) is 10.8. The number of ketones is 1. The van der Waals surface area contributed by atoms with Crippen molar-refractivity contribution < 1.29 is 19.1 Å². The Labute approximate surface area is 206 Å². The van der Waals surface area contributed by atoms with Gasteiger partial charge in [0, 0.05) is 32.0 Å². The topological polar surface area (TPSA) is 55.8 Å². The van der Waals surface area contributed by atoms with Crippen LogP contribution in [0.2, 0.25) is 0 Å². The van der Waals surface area contributed by atoms with Crippen molar-refractivity contribution in [3.63, 3.8) is 0 Å². The molecule has 1 aliphatic heterocycles. The lowest BCUT2D eigenvalue weighted by Crippen LogP contribution is -2.51. The molecule has 0 aromatic rings. The van der Waals surface area contributed by atoms with Crippen LogP contribution in [0.25, 0.3) is 0 Å². The predicted molar refractivity (Wildman–Crippen MR) is 132 cm³/mol. The van der Waals surface area contributed by atoms with Gasteiger partial charge in [0.25, 0.3) is 0 Å². The molecule has 5 nitrogen and oxygen atoms in total. The number of carbonyl (C=O) groups is 2. The first kappa shape index (κ1) is 24.5. The predicted octanol–water partition coefficient (Wildman–Crippen LogP) is 5.03. The summed E-state index contributed by atoms with van der Waals surface area (Å²) in [7, 11) is 0. The Bertz CT molecular complexity index is 832. The Kier molecular flexibility index (Phi) is 6.74. The maximum absolute atomic E-state index is 12.6. The van der Waals surface area contributed by atoms with E-state index in [-0.39, 0.29) is 28.8 Å². The molecule has 190 valence electrons. The van der Waals surface area contributed by atoms with E-state index in [0.29, 0.717) is 35.9 Å². The number of carbonyl (C=O) groups excluding carboxylic acids is 2. The summed E-state index contributed by atoms with van der Waals surface area (Å²) in [5.74, 6) is 3.19. The first-order valence-corrected chi connectivity index (χ1v) is 13.9. The van der Waals surface area contributed by atoms with Gasteiger partial charge < -0.3 is 9.47 Å². The normalized spacial score (nSPS) is 44.4. The molecule has 8 atom stereocenters. The van der Waals surface area contributed by atoms with E-state index in [0.717, 1.165) is 58.5 Å². The summed E-state index contributed by atoms with van der Waals surface area (Å²) in [6.45, 7) is 13.2. The van der Waals surface area contributed by atoms with Crippen molar-refractivity contribution in [2.75, 3.05) is 32.8 Å². The van der Waals surface area contributed by atoms with Crippen molar-refractivity contribution in [1.82, 2.24) is 4.90 Å². The maximum Gasteiger partial charge on any atom is 0.307 e. The summed E-state index contributed by atoms with van der Waals surface area (Å²) in [6, 6.07) is 0. The molecule has 34 heavy (non-hydrogen) atoms. The third kappa shape index (κ3) is 4.19. The molecule has 0 aromatic heterocycles. The lowest BCUT2D eigenvalue weighted by atomic mass is 9.47. The summed E-state index contributed by atoms with van der Waals surface area (Å²) >= 11 is 0. The summed E-state index contributed by atoms with van der Waals surface area (Å²) in [5, 5.41) is 0. The molecule has 5 aliphatic rings. The minimum atomic E-state index is -0.0435. The van der Waals surface area contributed by atoms with E-state index < -0.39 is 0 Å². The van der Waals surface area contributed by atoms with Gasteiger partial charge in [-0.1, -0.05) is 32.4 Å². The van der Waals surface area contributed by atoms with Crippen molar-refractivity contribution in [3.05, 3.63) is 11.6 Å². The average Bonchev–Trinajstić information content (AvgIpc) is 3.08. The van der Waals surface area contributed by atoms with Crippen LogP contribution in [0.3, 0.4) is 0 Å². The highest BCUT2D eigenvalue weighted by Crippen LogP contribution is 2.67. The summed E-state index contributed by atoms with van der Waals surface area (Å²) in [4.78, 5) is 27.4. The quantitative estimate of drug-likeness (QED) is 0.416. The number of nitrogens with zero attached hydrogens (tertiary/aromatic N) is 1. The number of fused-ring (bicyclic) bond motifs is 5. The zero-order valence-corrected chi connectivity index (χ0v) is 21.8. The fraction of sp³-hybridized carbons (Fsp3) is 0.862. The zero-order chi connectivity index (χ0) is 24.1. The van der Waals surface area contributed by atoms with Crippen LogP contribution in [0.15, 0.2) is 11.6 Å². The number of ether oxygens (including phenoxy) is 2. The second-order valence-electron chi connectivity index (χ2n) is 12.7. The second-order valence-corrected chi connectivity index (χ2v) is 12.7. The van der Waals surface area contributed by atoms with Crippen LogP contribution in [0.4, 0.5) is 0 Å². The third-order valence-electron chi connectivity index (χ3n) is 10.9. The maximum atomic E-state index is 12.6. The third-order valence-corrected chi connectivity index (χ3v) is 10.9. The number of morpholine rings is 1. The van der Waals surface area contributed by atoms with Gasteiger partial charge in [0.05, 0.1) is 19.6 Å². The van der Waals surface area contributed by atoms with E-state index in [1.54, 1.807) is 5.57 Å². The van der Waals surface area contributed by atoms with Crippen LogP contribution in [0.1, 0.15) is 79.1 Å². The molecular weight excluding hydrogens is 426 g/mol. The molecule has 4 aliphatic carbocycles. The Morgan fingerprint density at radius 1 is 1.15 bits per heavy atom. The molecule has 4 fully saturated rings. The highest BCUT2D eigenvalue weighted by atomic mass is 16.5. The molecule has 0 radical (unpaired) electrons. The second kappa shape index (κ2) is 9.35. The van der Waals surface area contributed by atoms with Crippen LogP contribution in [-0.2, 0) is 19.1 Å². The van der Waals surface area contributed by atoms with E-state index in [1.165, 1.54) is 19.3 Å². The number of allylic oxidation sites excluding steroid dienone is 1. The first-order chi connectivity index (χ1) is 16.2. The highest BCUT2D eigenvalue weighted by molar-refractivity contribution is 5.80. The van der Waals surface area contributed by atoms with Crippen molar-refractivity contribution in [2.45, 2.75) is 85.2 Å². The van der Waals surface area contributed by atoms with Crippen LogP contribution in [0.5, 0.6) is 0 Å². The molecule has 1 saturated heterocycles. The van der Waals surface area contributed by atoms with E-state index in [9.17, 15) is 9.59 Å². The number of Topliss-reactive ketones (excluding diaryl/α,β-unsaturated/α-hetero) is 1. The summed E-state index contributed by atoms with van der Waals surface area (Å²) in [5.41, 5.74) is 1.96. The van der Waals surface area contributed by atoms with Gasteiger partial charge in [0.15, 0.2) is 0 Å². The summed E-state index contributed by atoms with van der Waals surface area (Å²) < 4.78 is 11.4. The molecule has 3 saturated carbocycles. The number of hydrogen-bond acceptors (Lipinski definition) is 5. The molecule has 5 rings (SSSR count). The minimum absolute atomic E-state index is 0.0375. The Hall–Kier alpha value is -1.20. The molecule has 0 aromatic carbocycles. The van der Waals surface area contributed by atoms with Crippen molar-refractivity contribution >= 4 is 11.8 Å². The molecule has 0 N–H and O–H groups in total. The fourth-order valence-corrected chi connectivity index (χ4v) is 9.28. The molecule has 0 amide bonds. The van der Waals surface area contributed by atoms with Gasteiger partial charge >= 0.3 is 5.97 Å². The average molecular weight is 472 g/mol. The molecule has 1 heterocycles. The molecule has 0 spiro atoms. The minimum Gasteiger partial charge on any atom is -0.462 e. The fourth-order valence-electron chi connectivity index (χ4n) is 9.28. The van der Waals surface area contributed by atoms with E-state index in [2.05, 4.69) is 31.7 Å². The standard InChI is InChI=1S/C29H45NO4/c1-19-17-25-23-6-5-21-18-22(34-26(32)9-12-30-13-15-33-16-14-30)7-10-28(21,3)24(23)8-11-29(25,4)27(19)20(2)31/h5,19,22-25,27H,6-18H2,1-4H3/t19-,22-,23-,24+,25+,27-,28+,29+/m1/s1. The zero-order valence-electron chi connectivity index (χ0n) is 21.8. The van der Waals surface area contributed by atoms with Gasteiger partial charge in [-0.3, -0.25) is 14.5 Å². The van der Waals surface area contributed by atoms with Gasteiger partial charge in [-0.25, -0.2) is 0 Å². The monoisotopic (exact) mass is 471 g/mol. The SMILES string of the molecule is CC(=O)[C@H]1[C@H](C)C[C@H]2[C@@H]3CC=C4C[C@H](OC(=O)CCN5CCOCC5)CC[C@]4(C)[C@H]3CC[C@@]21C. The van der Waals surface area contributed by atoms with Gasteiger partial charge in [-0.05, 0) is 80.0 Å². The van der Waals surface area contributed by atoms with Crippen molar-refractivity contribution in [2.24, 2.45) is 40.4 Å². The van der Waals surface area contributed by atoms with Crippen molar-refractivity contribution in [1.29, 1.82) is 0 Å². The van der Waals surface area contributed by atoms with Gasteiger partial charge in [-0.2, -0.15) is 0 Å². The lowest BCUT2D eigenvalue weighted by molar-refractivity contribution is -0.152. The number of esters is 1. The van der Waals surface area contributed by atoms with Crippen LogP contribution < -0.4 is 0 Å². The smallest absolute Gasteiger partial charge is 0.307 e. The molecule has 0 unspecified atom stereocenters. The first-order valence-electron chi connectivity index (χ1n) is 13.9. The number of hydrogen-bond donors (Lipinski definition) is 0. The van der Waals surface area contributed by atoms with E-state index in [1.807, 2.05) is 6.92 Å². The van der Waals surface area contributed by atoms with Gasteiger partial charge in [0.2, 0.25) is 0 Å². The molecule has 5 heteroatoms. The largest absolute Gasteiger partial charge is 0.462 e. The van der Waals surface area contributed by atoms with Crippen LogP contribution >= 0.6 is 0 Å². The molecular formula is C29H45NO4. The lowest BCUT2D eigenvalue weighted by Gasteiger charge is -2.58. The Morgan fingerprint density at radius 2 is 1.91 bits per heavy atom. The van der Waals surface area contributed by atoms with Crippen LogP contribution in [0, 0.1) is 40.4 Å². The molecule has 0 bridgehead atoms. The number of rotatable bonds is 5.